The number of ether oxygens (including phenoxy) is 1. The Bertz CT molecular complexity index is 132. The lowest BCUT2D eigenvalue weighted by Gasteiger charge is -2.27. The minimum atomic E-state index is 0.410. The van der Waals surface area contributed by atoms with Gasteiger partial charge in [-0.1, -0.05) is 0 Å². The highest BCUT2D eigenvalue weighted by Gasteiger charge is 2.18. The first-order valence-corrected chi connectivity index (χ1v) is 4.12. The highest BCUT2D eigenvalue weighted by molar-refractivity contribution is 4.83. The fraction of sp³-hybridized carbons (Fsp3) is 0.750. The number of nitrogens with two attached hydrogens (primary N) is 1. The maximum atomic E-state index is 5.43. The van der Waals surface area contributed by atoms with Crippen molar-refractivity contribution in [3.05, 3.63) is 12.5 Å². The molecule has 0 aliphatic heterocycles. The molecule has 0 aromatic carbocycles. The van der Waals surface area contributed by atoms with Gasteiger partial charge in [0.2, 0.25) is 0 Å². The normalized spacial score (nSPS) is 17.2. The van der Waals surface area contributed by atoms with Crippen LogP contribution in [0.3, 0.4) is 0 Å². The zero-order valence-electron chi connectivity index (χ0n) is 6.81. The van der Waals surface area contributed by atoms with E-state index in [0.29, 0.717) is 18.5 Å². The largest absolute Gasteiger partial charge is 0.476 e. The highest BCUT2D eigenvalue weighted by Crippen LogP contribution is 2.23. The molecule has 1 aliphatic carbocycles. The minimum absolute atomic E-state index is 0.410. The smallest absolute Gasteiger partial charge is 0.179 e. The summed E-state index contributed by atoms with van der Waals surface area (Å²) >= 11 is 0. The predicted octanol–water partition coefficient (Wildman–Crippen LogP) is 0.575. The monoisotopic (exact) mass is 156 g/mol. The van der Waals surface area contributed by atoms with Crippen LogP contribution in [0.15, 0.2) is 12.5 Å². The summed E-state index contributed by atoms with van der Waals surface area (Å²) in [5, 5.41) is 2.99. The zero-order valence-corrected chi connectivity index (χ0v) is 6.81. The van der Waals surface area contributed by atoms with Crippen molar-refractivity contribution in [1.82, 2.24) is 5.32 Å². The summed E-state index contributed by atoms with van der Waals surface area (Å²) < 4.78 is 5.43. The van der Waals surface area contributed by atoms with Crippen LogP contribution in [0.1, 0.15) is 19.3 Å². The standard InChI is InChI=1S/C8H16N2O/c1-7(10-6-5-9)11-8-3-2-4-8/h8,10H,1-6,9H2. The molecule has 3 heteroatoms. The average Bonchev–Trinajstić information content (AvgIpc) is 1.93. The van der Waals surface area contributed by atoms with Crippen molar-refractivity contribution in [3.63, 3.8) is 0 Å². The van der Waals surface area contributed by atoms with E-state index in [4.69, 9.17) is 10.5 Å². The van der Waals surface area contributed by atoms with E-state index >= 15 is 0 Å². The Balaban J connectivity index is 2.00. The molecule has 0 spiro atoms. The molecule has 0 heterocycles. The van der Waals surface area contributed by atoms with Crippen molar-refractivity contribution >= 4 is 0 Å². The van der Waals surface area contributed by atoms with Gasteiger partial charge in [0.25, 0.3) is 0 Å². The van der Waals surface area contributed by atoms with Crippen molar-refractivity contribution in [1.29, 1.82) is 0 Å². The van der Waals surface area contributed by atoms with Crippen LogP contribution in [0.5, 0.6) is 0 Å². The Morgan fingerprint density at radius 1 is 1.64 bits per heavy atom. The SMILES string of the molecule is C=C(NCCN)OC1CCC1. The second-order valence-electron chi connectivity index (χ2n) is 2.81. The zero-order chi connectivity index (χ0) is 8.10. The highest BCUT2D eigenvalue weighted by atomic mass is 16.5. The van der Waals surface area contributed by atoms with Crippen LogP contribution < -0.4 is 11.1 Å². The fourth-order valence-corrected chi connectivity index (χ4v) is 0.943. The second kappa shape index (κ2) is 4.23. The van der Waals surface area contributed by atoms with Gasteiger partial charge in [0, 0.05) is 13.1 Å². The maximum Gasteiger partial charge on any atom is 0.179 e. The van der Waals surface area contributed by atoms with E-state index in [9.17, 15) is 0 Å². The Morgan fingerprint density at radius 2 is 2.36 bits per heavy atom. The molecule has 3 N–H and O–H groups in total. The third kappa shape index (κ3) is 2.80. The lowest BCUT2D eigenvalue weighted by Crippen LogP contribution is -2.28. The Hall–Kier alpha value is -0.700. The van der Waals surface area contributed by atoms with E-state index in [1.54, 1.807) is 0 Å². The lowest BCUT2D eigenvalue weighted by atomic mass is 9.96. The van der Waals surface area contributed by atoms with Crippen LogP contribution in [-0.4, -0.2) is 19.2 Å². The molecule has 1 fully saturated rings. The topological polar surface area (TPSA) is 47.3 Å². The van der Waals surface area contributed by atoms with E-state index in [1.807, 2.05) is 0 Å². The molecule has 0 bridgehead atoms. The van der Waals surface area contributed by atoms with Gasteiger partial charge in [-0.15, -0.1) is 0 Å². The molecule has 1 saturated carbocycles. The van der Waals surface area contributed by atoms with E-state index in [-0.39, 0.29) is 0 Å². The van der Waals surface area contributed by atoms with Gasteiger partial charge in [0.05, 0.1) is 0 Å². The summed E-state index contributed by atoms with van der Waals surface area (Å²) in [5.74, 6) is 0.667. The molecule has 0 radical (unpaired) electrons. The predicted molar refractivity (Wildman–Crippen MR) is 44.9 cm³/mol. The van der Waals surface area contributed by atoms with Crippen molar-refractivity contribution in [3.8, 4) is 0 Å². The van der Waals surface area contributed by atoms with Gasteiger partial charge < -0.3 is 15.8 Å². The third-order valence-corrected chi connectivity index (χ3v) is 1.83. The minimum Gasteiger partial charge on any atom is -0.476 e. The van der Waals surface area contributed by atoms with Gasteiger partial charge in [0.15, 0.2) is 5.88 Å². The maximum absolute atomic E-state index is 5.43. The number of rotatable bonds is 5. The van der Waals surface area contributed by atoms with Crippen molar-refractivity contribution in [2.24, 2.45) is 5.73 Å². The van der Waals surface area contributed by atoms with Crippen LogP contribution in [0.4, 0.5) is 0 Å². The lowest BCUT2D eigenvalue weighted by molar-refractivity contribution is 0.0430. The summed E-state index contributed by atoms with van der Waals surface area (Å²) in [6.07, 6.45) is 4.04. The molecule has 64 valence electrons. The summed E-state index contributed by atoms with van der Waals surface area (Å²) in [5.41, 5.74) is 5.29. The van der Waals surface area contributed by atoms with Gasteiger partial charge in [-0.25, -0.2) is 0 Å². The summed E-state index contributed by atoms with van der Waals surface area (Å²) in [6.45, 7) is 5.08. The molecular weight excluding hydrogens is 140 g/mol. The Kier molecular flexibility index (Phi) is 3.23. The van der Waals surface area contributed by atoms with E-state index in [2.05, 4.69) is 11.9 Å². The first-order chi connectivity index (χ1) is 5.33. The quantitative estimate of drug-likeness (QED) is 0.572. The van der Waals surface area contributed by atoms with Gasteiger partial charge in [0.1, 0.15) is 6.10 Å². The summed E-state index contributed by atoms with van der Waals surface area (Å²) in [7, 11) is 0. The third-order valence-electron chi connectivity index (χ3n) is 1.83. The molecular formula is C8H16N2O. The second-order valence-corrected chi connectivity index (χ2v) is 2.81. The molecule has 0 aromatic rings. The molecule has 0 amide bonds. The molecule has 11 heavy (non-hydrogen) atoms. The van der Waals surface area contributed by atoms with Gasteiger partial charge in [-0.05, 0) is 25.8 Å². The van der Waals surface area contributed by atoms with E-state index in [1.165, 1.54) is 19.3 Å². The Labute approximate surface area is 67.6 Å². The summed E-state index contributed by atoms with van der Waals surface area (Å²) in [4.78, 5) is 0. The first kappa shape index (κ1) is 8.40. The van der Waals surface area contributed by atoms with Gasteiger partial charge in [-0.2, -0.15) is 0 Å². The van der Waals surface area contributed by atoms with E-state index in [0.717, 1.165) is 6.54 Å². The van der Waals surface area contributed by atoms with Crippen LogP contribution in [0.25, 0.3) is 0 Å². The van der Waals surface area contributed by atoms with Gasteiger partial charge >= 0.3 is 0 Å². The molecule has 0 aromatic heterocycles. The fourth-order valence-electron chi connectivity index (χ4n) is 0.943. The molecule has 3 nitrogen and oxygen atoms in total. The first-order valence-electron chi connectivity index (χ1n) is 4.12. The molecule has 0 saturated heterocycles. The van der Waals surface area contributed by atoms with Crippen LogP contribution in [0, 0.1) is 0 Å². The van der Waals surface area contributed by atoms with Crippen molar-refractivity contribution < 1.29 is 4.74 Å². The summed E-state index contributed by atoms with van der Waals surface area (Å²) in [6, 6.07) is 0. The molecule has 1 aliphatic rings. The molecule has 0 atom stereocenters. The number of hydrogen-bond donors (Lipinski definition) is 2. The Morgan fingerprint density at radius 3 is 2.82 bits per heavy atom. The number of nitrogens with one attached hydrogen (secondary N) is 1. The van der Waals surface area contributed by atoms with Crippen molar-refractivity contribution in [2.75, 3.05) is 13.1 Å². The average molecular weight is 156 g/mol. The molecule has 1 rings (SSSR count). The van der Waals surface area contributed by atoms with E-state index < -0.39 is 0 Å². The van der Waals surface area contributed by atoms with Gasteiger partial charge in [-0.3, -0.25) is 0 Å². The van der Waals surface area contributed by atoms with Crippen molar-refractivity contribution in [2.45, 2.75) is 25.4 Å². The van der Waals surface area contributed by atoms with Crippen LogP contribution >= 0.6 is 0 Å². The van der Waals surface area contributed by atoms with Crippen LogP contribution in [-0.2, 0) is 4.74 Å². The molecule has 0 unspecified atom stereocenters. The number of hydrogen-bond acceptors (Lipinski definition) is 3. The van der Waals surface area contributed by atoms with Crippen LogP contribution in [0.2, 0.25) is 0 Å².